The lowest BCUT2D eigenvalue weighted by atomic mass is 10.1. The second kappa shape index (κ2) is 8.98. The number of nitrogens with one attached hydrogen (secondary N) is 1. The fraction of sp³-hybridized carbons (Fsp3) is 0.294. The molecular formula is C17H19N9O5. The molecule has 3 aromatic rings. The Morgan fingerprint density at radius 3 is 2.81 bits per heavy atom. The number of nitrogen functional groups attached to an aromatic ring is 1. The molecule has 3 rings (SSSR count). The van der Waals surface area contributed by atoms with Gasteiger partial charge in [0.05, 0.1) is 23.4 Å². The first-order valence-electron chi connectivity index (χ1n) is 9.07. The molecule has 0 saturated heterocycles. The summed E-state index contributed by atoms with van der Waals surface area (Å²) in [7, 11) is 1.34. The fourth-order valence-electron chi connectivity index (χ4n) is 2.76. The van der Waals surface area contributed by atoms with Crippen molar-refractivity contribution in [2.24, 2.45) is 5.10 Å². The van der Waals surface area contributed by atoms with Crippen molar-refractivity contribution in [2.45, 2.75) is 26.7 Å². The molecule has 14 heteroatoms. The Hall–Kier alpha value is -4.36. The number of ether oxygens (including phenoxy) is 1. The van der Waals surface area contributed by atoms with E-state index in [2.05, 4.69) is 35.8 Å². The van der Waals surface area contributed by atoms with E-state index in [1.54, 1.807) is 13.0 Å². The molecular weight excluding hydrogens is 410 g/mol. The summed E-state index contributed by atoms with van der Waals surface area (Å²) in [5.74, 6) is -0.371. The maximum atomic E-state index is 12.7. The average molecular weight is 429 g/mol. The molecule has 1 amide bonds. The predicted octanol–water partition coefficient (Wildman–Crippen LogP) is 1.26. The Kier molecular flexibility index (Phi) is 6.18. The van der Waals surface area contributed by atoms with Gasteiger partial charge < -0.3 is 10.5 Å². The van der Waals surface area contributed by atoms with Crippen LogP contribution in [-0.2, 0) is 6.42 Å². The SMILES string of the molecule is CCCc1c(C(=O)N/N=C(/C)c2ccc(OC)c([N+](=O)[O-])c2)nnn1-c1nonc1N. The molecule has 0 radical (unpaired) electrons. The highest BCUT2D eigenvalue weighted by atomic mass is 16.6. The summed E-state index contributed by atoms with van der Waals surface area (Å²) in [5, 5.41) is 30.2. The lowest BCUT2D eigenvalue weighted by Crippen LogP contribution is -2.21. The number of benzene rings is 1. The van der Waals surface area contributed by atoms with Crippen LogP contribution >= 0.6 is 0 Å². The smallest absolute Gasteiger partial charge is 0.311 e. The zero-order chi connectivity index (χ0) is 22.5. The number of nitro groups is 1. The molecule has 2 aromatic heterocycles. The van der Waals surface area contributed by atoms with Crippen LogP contribution in [0.5, 0.6) is 5.75 Å². The van der Waals surface area contributed by atoms with Crippen LogP contribution in [0.2, 0.25) is 0 Å². The van der Waals surface area contributed by atoms with Crippen molar-refractivity contribution < 1.29 is 19.1 Å². The fourth-order valence-corrected chi connectivity index (χ4v) is 2.76. The van der Waals surface area contributed by atoms with Crippen LogP contribution in [0.1, 0.15) is 42.0 Å². The van der Waals surface area contributed by atoms with Gasteiger partial charge in [0.2, 0.25) is 11.6 Å². The Labute approximate surface area is 175 Å². The number of anilines is 1. The van der Waals surface area contributed by atoms with Gasteiger partial charge in [-0.25, -0.2) is 10.1 Å². The van der Waals surface area contributed by atoms with Gasteiger partial charge in [-0.05, 0) is 35.8 Å². The number of hydrogen-bond acceptors (Lipinski definition) is 11. The van der Waals surface area contributed by atoms with Gasteiger partial charge >= 0.3 is 5.69 Å². The van der Waals surface area contributed by atoms with Crippen LogP contribution in [0.15, 0.2) is 27.9 Å². The number of nitrogens with two attached hydrogens (primary N) is 1. The van der Waals surface area contributed by atoms with Crippen molar-refractivity contribution in [3.63, 3.8) is 0 Å². The number of hydrazone groups is 1. The molecule has 31 heavy (non-hydrogen) atoms. The maximum absolute atomic E-state index is 12.7. The minimum Gasteiger partial charge on any atom is -0.490 e. The zero-order valence-electron chi connectivity index (χ0n) is 16.9. The topological polar surface area (TPSA) is 189 Å². The van der Waals surface area contributed by atoms with Gasteiger partial charge in [0.1, 0.15) is 0 Å². The van der Waals surface area contributed by atoms with E-state index in [1.165, 1.54) is 23.9 Å². The van der Waals surface area contributed by atoms with Crippen molar-refractivity contribution in [3.05, 3.63) is 45.3 Å². The number of carbonyl (C=O) groups is 1. The van der Waals surface area contributed by atoms with Gasteiger partial charge in [-0.2, -0.15) is 9.78 Å². The number of nitrogens with zero attached hydrogens (tertiary/aromatic N) is 7. The molecule has 0 bridgehead atoms. The summed E-state index contributed by atoms with van der Waals surface area (Å²) in [4.78, 5) is 23.3. The van der Waals surface area contributed by atoms with E-state index in [0.29, 0.717) is 29.8 Å². The van der Waals surface area contributed by atoms with Gasteiger partial charge in [0.15, 0.2) is 11.4 Å². The first-order chi connectivity index (χ1) is 14.9. The molecule has 0 aliphatic carbocycles. The Morgan fingerprint density at radius 2 is 2.19 bits per heavy atom. The van der Waals surface area contributed by atoms with E-state index < -0.39 is 10.8 Å². The van der Waals surface area contributed by atoms with Gasteiger partial charge in [0.25, 0.3) is 5.91 Å². The molecule has 0 fully saturated rings. The number of methoxy groups -OCH3 is 1. The monoisotopic (exact) mass is 429 g/mol. The second-order valence-electron chi connectivity index (χ2n) is 6.30. The van der Waals surface area contributed by atoms with Crippen LogP contribution in [-0.4, -0.2) is 49.0 Å². The summed E-state index contributed by atoms with van der Waals surface area (Å²) in [6.07, 6.45) is 1.14. The molecule has 0 saturated carbocycles. The van der Waals surface area contributed by atoms with Gasteiger partial charge in [0, 0.05) is 11.6 Å². The third kappa shape index (κ3) is 4.31. The van der Waals surface area contributed by atoms with Crippen LogP contribution in [0, 0.1) is 10.1 Å². The lowest BCUT2D eigenvalue weighted by Gasteiger charge is -2.06. The number of nitro benzene ring substituents is 1. The number of hydrogen-bond donors (Lipinski definition) is 2. The molecule has 0 aliphatic rings. The van der Waals surface area contributed by atoms with Crippen LogP contribution in [0.25, 0.3) is 5.82 Å². The van der Waals surface area contributed by atoms with Gasteiger partial charge in [-0.3, -0.25) is 14.9 Å². The Balaban J connectivity index is 1.86. The highest BCUT2D eigenvalue weighted by Gasteiger charge is 2.23. The molecule has 2 heterocycles. The quantitative estimate of drug-likeness (QED) is 0.299. The summed E-state index contributed by atoms with van der Waals surface area (Å²) < 4.78 is 10.8. The van der Waals surface area contributed by atoms with E-state index in [0.717, 1.165) is 0 Å². The average Bonchev–Trinajstić information content (AvgIpc) is 3.37. The highest BCUT2D eigenvalue weighted by molar-refractivity contribution is 6.01. The van der Waals surface area contributed by atoms with Crippen LogP contribution < -0.4 is 15.9 Å². The third-order valence-electron chi connectivity index (χ3n) is 4.28. The summed E-state index contributed by atoms with van der Waals surface area (Å²) in [5.41, 5.74) is 9.14. The van der Waals surface area contributed by atoms with Gasteiger partial charge in [-0.15, -0.1) is 5.10 Å². The molecule has 0 atom stereocenters. The minimum absolute atomic E-state index is 0.00387. The van der Waals surface area contributed by atoms with Gasteiger partial charge in [-0.1, -0.05) is 18.6 Å². The standard InChI is InChI=1S/C17H19N9O5/c1-4-5-11-14(20-24-25(11)16-15(18)22-31-23-16)17(27)21-19-9(2)10-6-7-13(30-3)12(8-10)26(28)29/h6-8H,4-5H2,1-3H3,(H2,18,22)(H,21,27)/b19-9-. The van der Waals surface area contributed by atoms with E-state index in [1.807, 2.05) is 6.92 Å². The minimum atomic E-state index is -0.618. The van der Waals surface area contributed by atoms with Crippen molar-refractivity contribution in [1.82, 2.24) is 30.7 Å². The van der Waals surface area contributed by atoms with Crippen molar-refractivity contribution in [1.29, 1.82) is 0 Å². The largest absolute Gasteiger partial charge is 0.490 e. The maximum Gasteiger partial charge on any atom is 0.311 e. The van der Waals surface area contributed by atoms with E-state index in [9.17, 15) is 14.9 Å². The highest BCUT2D eigenvalue weighted by Crippen LogP contribution is 2.27. The van der Waals surface area contributed by atoms with E-state index in [4.69, 9.17) is 10.5 Å². The molecule has 0 unspecified atom stereocenters. The first-order valence-corrected chi connectivity index (χ1v) is 9.07. The third-order valence-corrected chi connectivity index (χ3v) is 4.28. The molecule has 3 N–H and O–H groups in total. The number of carbonyl (C=O) groups excluding carboxylic acids is 1. The number of aromatic nitrogens is 5. The zero-order valence-corrected chi connectivity index (χ0v) is 16.9. The number of amides is 1. The van der Waals surface area contributed by atoms with Crippen molar-refractivity contribution in [3.8, 4) is 11.6 Å². The summed E-state index contributed by atoms with van der Waals surface area (Å²) >= 11 is 0. The summed E-state index contributed by atoms with van der Waals surface area (Å²) in [6.45, 7) is 3.51. The second-order valence-corrected chi connectivity index (χ2v) is 6.30. The molecule has 0 spiro atoms. The lowest BCUT2D eigenvalue weighted by molar-refractivity contribution is -0.385. The van der Waals surface area contributed by atoms with E-state index in [-0.39, 0.29) is 28.8 Å². The van der Waals surface area contributed by atoms with E-state index >= 15 is 0 Å². The first kappa shape index (κ1) is 21.4. The summed E-state index contributed by atoms with van der Waals surface area (Å²) in [6, 6.07) is 4.36. The Morgan fingerprint density at radius 1 is 1.42 bits per heavy atom. The molecule has 162 valence electrons. The van der Waals surface area contributed by atoms with Crippen LogP contribution in [0.4, 0.5) is 11.5 Å². The van der Waals surface area contributed by atoms with Crippen molar-refractivity contribution >= 4 is 23.1 Å². The molecule has 1 aromatic carbocycles. The number of rotatable bonds is 8. The van der Waals surface area contributed by atoms with Crippen LogP contribution in [0.3, 0.4) is 0 Å². The van der Waals surface area contributed by atoms with Crippen molar-refractivity contribution in [2.75, 3.05) is 12.8 Å². The molecule has 0 aliphatic heterocycles. The molecule has 14 nitrogen and oxygen atoms in total. The predicted molar refractivity (Wildman–Crippen MR) is 107 cm³/mol. The Bertz CT molecular complexity index is 1150. The normalized spacial score (nSPS) is 11.4.